The summed E-state index contributed by atoms with van der Waals surface area (Å²) in [5.41, 5.74) is 0. The smallest absolute Gasteiger partial charge is 0.234 e. The van der Waals surface area contributed by atoms with Crippen LogP contribution in [-0.2, 0) is 18.4 Å². The zero-order chi connectivity index (χ0) is 17.5. The van der Waals surface area contributed by atoms with Gasteiger partial charge in [0.2, 0.25) is 5.91 Å². The SMILES string of the molecule is CN=C(NCc1ncnn1C)N1CCN(CC(=O)NC(C)C)CC1.I. The Kier molecular flexibility index (Phi) is 9.11. The van der Waals surface area contributed by atoms with Crippen LogP contribution in [0, 0.1) is 0 Å². The molecule has 0 spiro atoms. The van der Waals surface area contributed by atoms with E-state index in [9.17, 15) is 4.79 Å². The minimum atomic E-state index is 0. The maximum Gasteiger partial charge on any atom is 0.234 e. The molecule has 2 heterocycles. The van der Waals surface area contributed by atoms with Crippen LogP contribution >= 0.6 is 24.0 Å². The predicted octanol–water partition coefficient (Wildman–Crippen LogP) is -0.349. The van der Waals surface area contributed by atoms with Crippen molar-refractivity contribution >= 4 is 35.8 Å². The number of aromatic nitrogens is 3. The van der Waals surface area contributed by atoms with Crippen LogP contribution in [0.5, 0.6) is 0 Å². The van der Waals surface area contributed by atoms with Crippen molar-refractivity contribution in [3.8, 4) is 0 Å². The van der Waals surface area contributed by atoms with Crippen LogP contribution in [0.4, 0.5) is 0 Å². The van der Waals surface area contributed by atoms with Crippen molar-refractivity contribution in [3.63, 3.8) is 0 Å². The average molecular weight is 464 g/mol. The highest BCUT2D eigenvalue weighted by atomic mass is 127. The average Bonchev–Trinajstić information content (AvgIpc) is 2.94. The first-order valence-electron chi connectivity index (χ1n) is 8.29. The molecule has 0 radical (unpaired) electrons. The van der Waals surface area contributed by atoms with Gasteiger partial charge in [0, 0.05) is 46.3 Å². The molecule has 10 heteroatoms. The Morgan fingerprint density at radius 1 is 1.32 bits per heavy atom. The molecule has 1 saturated heterocycles. The van der Waals surface area contributed by atoms with Gasteiger partial charge in [-0.1, -0.05) is 0 Å². The zero-order valence-electron chi connectivity index (χ0n) is 15.4. The number of amides is 1. The van der Waals surface area contributed by atoms with Crippen molar-refractivity contribution in [2.45, 2.75) is 26.4 Å². The molecule has 0 unspecified atom stereocenters. The number of hydrogen-bond donors (Lipinski definition) is 2. The third-order valence-electron chi connectivity index (χ3n) is 3.91. The second-order valence-corrected chi connectivity index (χ2v) is 6.19. The van der Waals surface area contributed by atoms with Crippen LogP contribution in [0.3, 0.4) is 0 Å². The van der Waals surface area contributed by atoms with Crippen molar-refractivity contribution in [2.24, 2.45) is 12.0 Å². The molecule has 1 amide bonds. The summed E-state index contributed by atoms with van der Waals surface area (Å²) in [5, 5.41) is 10.3. The van der Waals surface area contributed by atoms with Gasteiger partial charge in [0.05, 0.1) is 13.1 Å². The molecular weight excluding hydrogens is 435 g/mol. The molecule has 0 bridgehead atoms. The van der Waals surface area contributed by atoms with Crippen LogP contribution in [0.2, 0.25) is 0 Å². The third-order valence-corrected chi connectivity index (χ3v) is 3.91. The second-order valence-electron chi connectivity index (χ2n) is 6.19. The minimum Gasteiger partial charge on any atom is -0.353 e. The van der Waals surface area contributed by atoms with Crippen molar-refractivity contribution < 1.29 is 4.79 Å². The minimum absolute atomic E-state index is 0. The van der Waals surface area contributed by atoms with E-state index in [0.29, 0.717) is 13.1 Å². The number of carbonyl (C=O) groups excluding carboxylic acids is 1. The largest absolute Gasteiger partial charge is 0.353 e. The molecule has 1 fully saturated rings. The Hall–Kier alpha value is -1.43. The lowest BCUT2D eigenvalue weighted by atomic mass is 10.3. The number of nitrogens with zero attached hydrogens (tertiary/aromatic N) is 6. The topological polar surface area (TPSA) is 90.7 Å². The summed E-state index contributed by atoms with van der Waals surface area (Å²) in [6.45, 7) is 8.36. The monoisotopic (exact) mass is 464 g/mol. The van der Waals surface area contributed by atoms with E-state index >= 15 is 0 Å². The summed E-state index contributed by atoms with van der Waals surface area (Å²) in [6.07, 6.45) is 1.54. The number of piperazine rings is 1. The van der Waals surface area contributed by atoms with E-state index in [1.54, 1.807) is 18.1 Å². The number of carbonyl (C=O) groups is 1. The Morgan fingerprint density at radius 3 is 2.52 bits per heavy atom. The number of hydrogen-bond acceptors (Lipinski definition) is 5. The molecule has 0 atom stereocenters. The highest BCUT2D eigenvalue weighted by Crippen LogP contribution is 2.03. The first-order valence-corrected chi connectivity index (χ1v) is 8.29. The number of halogens is 1. The third kappa shape index (κ3) is 6.77. The van der Waals surface area contributed by atoms with Crippen LogP contribution in [0.25, 0.3) is 0 Å². The summed E-state index contributed by atoms with van der Waals surface area (Å²) in [5.74, 6) is 1.80. The summed E-state index contributed by atoms with van der Waals surface area (Å²) in [6, 6.07) is 0.183. The molecular formula is C15H29IN8O. The van der Waals surface area contributed by atoms with Crippen LogP contribution in [-0.4, -0.2) is 82.2 Å². The van der Waals surface area contributed by atoms with Gasteiger partial charge in [-0.05, 0) is 13.8 Å². The molecule has 0 saturated carbocycles. The maximum absolute atomic E-state index is 11.8. The van der Waals surface area contributed by atoms with E-state index < -0.39 is 0 Å². The van der Waals surface area contributed by atoms with E-state index in [2.05, 4.69) is 35.5 Å². The highest BCUT2D eigenvalue weighted by molar-refractivity contribution is 14.0. The first kappa shape index (κ1) is 21.6. The van der Waals surface area contributed by atoms with E-state index in [0.717, 1.165) is 38.0 Å². The van der Waals surface area contributed by atoms with Gasteiger partial charge in [-0.25, -0.2) is 4.98 Å². The number of guanidine groups is 1. The summed E-state index contributed by atoms with van der Waals surface area (Å²) < 4.78 is 1.74. The maximum atomic E-state index is 11.8. The second kappa shape index (κ2) is 10.5. The van der Waals surface area contributed by atoms with Crippen molar-refractivity contribution in [1.29, 1.82) is 0 Å². The zero-order valence-corrected chi connectivity index (χ0v) is 17.7. The Labute approximate surface area is 166 Å². The molecule has 9 nitrogen and oxygen atoms in total. The lowest BCUT2D eigenvalue weighted by Gasteiger charge is -2.36. The fraction of sp³-hybridized carbons (Fsp3) is 0.733. The molecule has 0 aliphatic carbocycles. The fourth-order valence-corrected chi connectivity index (χ4v) is 2.66. The van der Waals surface area contributed by atoms with Gasteiger partial charge >= 0.3 is 0 Å². The molecule has 25 heavy (non-hydrogen) atoms. The molecule has 2 N–H and O–H groups in total. The van der Waals surface area contributed by atoms with Crippen LogP contribution < -0.4 is 10.6 Å². The summed E-state index contributed by atoms with van der Waals surface area (Å²) in [7, 11) is 3.65. The van der Waals surface area contributed by atoms with Crippen LogP contribution in [0.15, 0.2) is 11.3 Å². The van der Waals surface area contributed by atoms with Gasteiger partial charge in [-0.2, -0.15) is 5.10 Å². The van der Waals surface area contributed by atoms with E-state index in [4.69, 9.17) is 0 Å². The standard InChI is InChI=1S/C15H28N8O.HI/c1-12(2)20-14(24)10-22-5-7-23(8-6-22)15(16-3)17-9-13-18-11-19-21(13)4;/h11-12H,5-10H2,1-4H3,(H,16,17)(H,20,24);1H. The molecule has 142 valence electrons. The van der Waals surface area contributed by atoms with Crippen LogP contribution in [0.1, 0.15) is 19.7 Å². The number of aliphatic imine (C=N–C) groups is 1. The van der Waals surface area contributed by atoms with Gasteiger partial charge in [0.15, 0.2) is 5.96 Å². The lowest BCUT2D eigenvalue weighted by Crippen LogP contribution is -2.54. The van der Waals surface area contributed by atoms with E-state index in [1.165, 1.54) is 0 Å². The van der Waals surface area contributed by atoms with Crippen molar-refractivity contribution in [1.82, 2.24) is 35.2 Å². The Bertz CT molecular complexity index is 566. The van der Waals surface area contributed by atoms with Gasteiger partial charge < -0.3 is 15.5 Å². The van der Waals surface area contributed by atoms with Gasteiger partial charge in [0.1, 0.15) is 12.2 Å². The number of nitrogens with one attached hydrogen (secondary N) is 2. The number of aryl methyl sites for hydroxylation is 1. The molecule has 2 rings (SSSR count). The Morgan fingerprint density at radius 2 is 2.00 bits per heavy atom. The molecule has 1 aromatic heterocycles. The quantitative estimate of drug-likeness (QED) is 0.352. The van der Waals surface area contributed by atoms with Gasteiger partial charge in [-0.15, -0.1) is 24.0 Å². The predicted molar refractivity (Wildman–Crippen MR) is 108 cm³/mol. The lowest BCUT2D eigenvalue weighted by molar-refractivity contribution is -0.123. The fourth-order valence-electron chi connectivity index (χ4n) is 2.66. The van der Waals surface area contributed by atoms with E-state index in [1.807, 2.05) is 20.9 Å². The van der Waals surface area contributed by atoms with Crippen molar-refractivity contribution in [3.05, 3.63) is 12.2 Å². The van der Waals surface area contributed by atoms with E-state index in [-0.39, 0.29) is 35.9 Å². The summed E-state index contributed by atoms with van der Waals surface area (Å²) in [4.78, 5) is 24.8. The molecule has 1 aromatic rings. The molecule has 1 aliphatic rings. The highest BCUT2D eigenvalue weighted by Gasteiger charge is 2.21. The molecule has 1 aliphatic heterocycles. The normalized spacial score (nSPS) is 15.9. The molecule has 0 aromatic carbocycles. The first-order chi connectivity index (χ1) is 11.5. The number of rotatable bonds is 5. The van der Waals surface area contributed by atoms with Gasteiger partial charge in [0.25, 0.3) is 0 Å². The summed E-state index contributed by atoms with van der Waals surface area (Å²) >= 11 is 0. The van der Waals surface area contributed by atoms with Crippen molar-refractivity contribution in [2.75, 3.05) is 39.8 Å². The van der Waals surface area contributed by atoms with Gasteiger partial charge in [-0.3, -0.25) is 19.4 Å². The Balaban J connectivity index is 0.00000312.